The first-order valence-corrected chi connectivity index (χ1v) is 10.2. The molecule has 33 heavy (non-hydrogen) atoms. The van der Waals surface area contributed by atoms with Crippen LogP contribution < -0.4 is 20.2 Å². The number of para-hydroxylation sites is 1. The van der Waals surface area contributed by atoms with Crippen molar-refractivity contribution < 1.29 is 23.5 Å². The van der Waals surface area contributed by atoms with Crippen LogP contribution in [0.25, 0.3) is 0 Å². The first-order chi connectivity index (χ1) is 15.9. The predicted molar refractivity (Wildman–Crippen MR) is 124 cm³/mol. The number of hydrogen-bond donors (Lipinski definition) is 2. The van der Waals surface area contributed by atoms with Gasteiger partial charge in [-0.25, -0.2) is 9.82 Å². The molecule has 0 unspecified atom stereocenters. The Morgan fingerprint density at radius 3 is 2.52 bits per heavy atom. The van der Waals surface area contributed by atoms with Gasteiger partial charge in [0.25, 0.3) is 0 Å². The van der Waals surface area contributed by atoms with Gasteiger partial charge >= 0.3 is 0 Å². The molecule has 0 radical (unpaired) electrons. The van der Waals surface area contributed by atoms with E-state index in [2.05, 4.69) is 15.8 Å². The molecule has 3 aromatic carbocycles. The number of benzene rings is 3. The van der Waals surface area contributed by atoms with Crippen molar-refractivity contribution in [3.8, 4) is 11.5 Å². The van der Waals surface area contributed by atoms with Gasteiger partial charge in [0.2, 0.25) is 11.8 Å². The van der Waals surface area contributed by atoms with Crippen molar-refractivity contribution in [3.05, 3.63) is 88.7 Å². The van der Waals surface area contributed by atoms with Crippen LogP contribution in [0.5, 0.6) is 11.5 Å². The minimum Gasteiger partial charge on any atom is -0.493 e. The second-order valence-corrected chi connectivity index (χ2v) is 7.26. The number of ether oxygens (including phenoxy) is 2. The fraction of sp³-hybridized carbons (Fsp3) is 0.125. The summed E-state index contributed by atoms with van der Waals surface area (Å²) in [6.45, 7) is 0.339. The molecule has 0 bridgehead atoms. The molecule has 0 saturated heterocycles. The van der Waals surface area contributed by atoms with Crippen LogP contribution in [0.15, 0.2) is 71.8 Å². The summed E-state index contributed by atoms with van der Waals surface area (Å²) >= 11 is 5.89. The van der Waals surface area contributed by atoms with Gasteiger partial charge in [-0.05, 0) is 53.6 Å². The van der Waals surface area contributed by atoms with E-state index in [4.69, 9.17) is 21.1 Å². The highest BCUT2D eigenvalue weighted by Crippen LogP contribution is 2.28. The van der Waals surface area contributed by atoms with Crippen molar-refractivity contribution in [1.29, 1.82) is 0 Å². The van der Waals surface area contributed by atoms with Crippen LogP contribution in [0.3, 0.4) is 0 Å². The van der Waals surface area contributed by atoms with E-state index < -0.39 is 24.1 Å². The van der Waals surface area contributed by atoms with Crippen LogP contribution in [0.2, 0.25) is 5.02 Å². The summed E-state index contributed by atoms with van der Waals surface area (Å²) in [5, 5.41) is 6.82. The van der Waals surface area contributed by atoms with E-state index in [9.17, 15) is 14.0 Å². The van der Waals surface area contributed by atoms with Crippen molar-refractivity contribution >= 4 is 35.3 Å². The monoisotopic (exact) mass is 469 g/mol. The topological polar surface area (TPSA) is 89.0 Å². The van der Waals surface area contributed by atoms with Crippen LogP contribution in [0.1, 0.15) is 17.5 Å². The molecule has 0 aliphatic carbocycles. The summed E-state index contributed by atoms with van der Waals surface area (Å²) in [7, 11) is 1.52. The SMILES string of the molecule is COc1cc(C=NNC(=O)CC(=O)Nc2ccccc2F)ccc1OCc1ccc(Cl)cc1. The molecule has 0 aromatic heterocycles. The average Bonchev–Trinajstić information content (AvgIpc) is 2.80. The van der Waals surface area contributed by atoms with Crippen LogP contribution in [0.4, 0.5) is 10.1 Å². The van der Waals surface area contributed by atoms with E-state index in [1.165, 1.54) is 31.5 Å². The van der Waals surface area contributed by atoms with Crippen molar-refractivity contribution in [2.24, 2.45) is 5.10 Å². The zero-order valence-corrected chi connectivity index (χ0v) is 18.4. The number of hydrogen-bond acceptors (Lipinski definition) is 5. The maximum atomic E-state index is 13.6. The summed E-state index contributed by atoms with van der Waals surface area (Å²) in [6.07, 6.45) is 0.893. The first-order valence-electron chi connectivity index (χ1n) is 9.86. The number of carbonyl (C=O) groups is 2. The molecule has 0 atom stereocenters. The fourth-order valence-electron chi connectivity index (χ4n) is 2.75. The zero-order valence-electron chi connectivity index (χ0n) is 17.7. The predicted octanol–water partition coefficient (Wildman–Crippen LogP) is 4.55. The Hall–Kier alpha value is -3.91. The van der Waals surface area contributed by atoms with Crippen LogP contribution in [0, 0.1) is 5.82 Å². The van der Waals surface area contributed by atoms with Gasteiger partial charge in [0.05, 0.1) is 19.0 Å². The summed E-state index contributed by atoms with van der Waals surface area (Å²) in [6, 6.07) is 18.2. The summed E-state index contributed by atoms with van der Waals surface area (Å²) in [4.78, 5) is 23.8. The highest BCUT2D eigenvalue weighted by atomic mass is 35.5. The van der Waals surface area contributed by atoms with E-state index >= 15 is 0 Å². The van der Waals surface area contributed by atoms with Gasteiger partial charge in [-0.2, -0.15) is 5.10 Å². The quantitative estimate of drug-likeness (QED) is 0.273. The largest absolute Gasteiger partial charge is 0.493 e. The highest BCUT2D eigenvalue weighted by Gasteiger charge is 2.11. The lowest BCUT2D eigenvalue weighted by molar-refractivity contribution is -0.126. The summed E-state index contributed by atoms with van der Waals surface area (Å²) in [5.41, 5.74) is 3.86. The van der Waals surface area contributed by atoms with E-state index in [0.717, 1.165) is 5.56 Å². The van der Waals surface area contributed by atoms with Crippen molar-refractivity contribution in [2.75, 3.05) is 12.4 Å². The molecule has 9 heteroatoms. The maximum Gasteiger partial charge on any atom is 0.249 e. The molecule has 0 saturated carbocycles. The summed E-state index contributed by atoms with van der Waals surface area (Å²) < 4.78 is 24.7. The van der Waals surface area contributed by atoms with Crippen LogP contribution in [-0.4, -0.2) is 25.1 Å². The number of anilines is 1. The van der Waals surface area contributed by atoms with Crippen LogP contribution >= 0.6 is 11.6 Å². The molecule has 0 spiro atoms. The lowest BCUT2D eigenvalue weighted by Gasteiger charge is -2.11. The lowest BCUT2D eigenvalue weighted by Crippen LogP contribution is -2.24. The molecule has 0 aliphatic rings. The number of halogens is 2. The Morgan fingerprint density at radius 2 is 1.79 bits per heavy atom. The molecule has 2 N–H and O–H groups in total. The van der Waals surface area contributed by atoms with Crippen molar-refractivity contribution in [1.82, 2.24) is 5.43 Å². The van der Waals surface area contributed by atoms with Gasteiger partial charge in [0.1, 0.15) is 18.8 Å². The Labute approximate surface area is 195 Å². The molecule has 3 aromatic rings. The normalized spacial score (nSPS) is 10.6. The second kappa shape index (κ2) is 11.6. The number of rotatable bonds is 9. The number of methoxy groups -OCH3 is 1. The number of carbonyl (C=O) groups excluding carboxylic acids is 2. The zero-order chi connectivity index (χ0) is 23.6. The highest BCUT2D eigenvalue weighted by molar-refractivity contribution is 6.30. The molecular formula is C24H21ClFN3O4. The molecule has 170 valence electrons. The Kier molecular flexibility index (Phi) is 8.37. The average molecular weight is 470 g/mol. The van der Waals surface area contributed by atoms with E-state index in [1.807, 2.05) is 12.1 Å². The van der Waals surface area contributed by atoms with Crippen molar-refractivity contribution in [2.45, 2.75) is 13.0 Å². The van der Waals surface area contributed by atoms with E-state index in [-0.39, 0.29) is 5.69 Å². The molecule has 0 fully saturated rings. The number of nitrogens with one attached hydrogen (secondary N) is 2. The van der Waals surface area contributed by atoms with Gasteiger partial charge in [0.15, 0.2) is 11.5 Å². The van der Waals surface area contributed by atoms with Crippen molar-refractivity contribution in [3.63, 3.8) is 0 Å². The van der Waals surface area contributed by atoms with Gasteiger partial charge in [-0.15, -0.1) is 0 Å². The summed E-state index contributed by atoms with van der Waals surface area (Å²) in [5.74, 6) is -0.854. The van der Waals surface area contributed by atoms with Gasteiger partial charge in [0, 0.05) is 5.02 Å². The Bertz CT molecular complexity index is 1150. The molecule has 3 rings (SSSR count). The molecule has 2 amide bonds. The lowest BCUT2D eigenvalue weighted by atomic mass is 10.2. The van der Waals surface area contributed by atoms with Gasteiger partial charge in [-0.1, -0.05) is 35.9 Å². The number of nitrogens with zero attached hydrogens (tertiary/aromatic N) is 1. The fourth-order valence-corrected chi connectivity index (χ4v) is 2.87. The van der Waals surface area contributed by atoms with Gasteiger partial charge < -0.3 is 14.8 Å². The third-order valence-corrected chi connectivity index (χ3v) is 4.62. The molecule has 0 heterocycles. The minimum atomic E-state index is -0.656. The third kappa shape index (κ3) is 7.33. The molecule has 0 aliphatic heterocycles. The van der Waals surface area contributed by atoms with Gasteiger partial charge in [-0.3, -0.25) is 9.59 Å². The molecular weight excluding hydrogens is 449 g/mol. The third-order valence-electron chi connectivity index (χ3n) is 4.37. The molecule has 7 nitrogen and oxygen atoms in total. The van der Waals surface area contributed by atoms with E-state index in [1.54, 1.807) is 36.4 Å². The Balaban J connectivity index is 1.51. The van der Waals surface area contributed by atoms with Crippen LogP contribution in [-0.2, 0) is 16.2 Å². The Morgan fingerprint density at radius 1 is 1.03 bits per heavy atom. The maximum absolute atomic E-state index is 13.6. The second-order valence-electron chi connectivity index (χ2n) is 6.82. The number of hydrazone groups is 1. The minimum absolute atomic E-state index is 0.00395. The number of amides is 2. The smallest absolute Gasteiger partial charge is 0.249 e. The first kappa shape index (κ1) is 23.7. The van der Waals surface area contributed by atoms with E-state index in [0.29, 0.717) is 28.7 Å². The standard InChI is InChI=1S/C24H21ClFN3O4/c1-32-22-12-17(8-11-21(22)33-15-16-6-9-18(25)10-7-16)14-27-29-24(31)13-23(30)28-20-5-3-2-4-19(20)26/h2-12,14H,13,15H2,1H3,(H,28,30)(H,29,31).